The van der Waals surface area contributed by atoms with Crippen molar-refractivity contribution in [1.82, 2.24) is 4.57 Å². The fraction of sp³-hybridized carbons (Fsp3) is 0.0323. The van der Waals surface area contributed by atoms with Crippen LogP contribution >= 0.6 is 0 Å². The topological polar surface area (TPSA) is 8.17 Å². The molecule has 0 radical (unpaired) electrons. The summed E-state index contributed by atoms with van der Waals surface area (Å²) in [6.07, 6.45) is 0. The number of nitrogens with zero attached hydrogens (tertiary/aromatic N) is 2. The van der Waals surface area contributed by atoms with Crippen molar-refractivity contribution in [2.24, 2.45) is 0 Å². The average molecular weight is 813 g/mol. The molecular formula is C62H40N2. The minimum atomic E-state index is -0.583. The minimum Gasteiger partial charge on any atom is -0.310 e. The van der Waals surface area contributed by atoms with Crippen molar-refractivity contribution in [3.63, 3.8) is 0 Å². The van der Waals surface area contributed by atoms with Gasteiger partial charge in [0, 0.05) is 33.5 Å². The SMILES string of the molecule is c1ccc(N(c2cccc(-n3c4ccccc4c4ccccc43)c2)c2ccc3c(c2)C2(c4ccccc4-3)c3ccccc3C3(c4ccccc4-c4ccccc43)c3ccccc32)cc1. The standard InChI is InChI=1S/C62H40N2/c1-2-19-41(20-3-1)63(42-21-18-22-43(39-42)64-59-35-16-7-26-49(59)50-27-8-17-36-60(50)64)44-37-38-48-47-25-6-11-30-53(47)62(58(48)40-44)56-33-14-12-31-54(56)61(55-32-13-15-34-57(55)62)51-28-9-4-23-45(51)46-24-5-10-29-52(46)61/h1-40H. The molecule has 2 spiro atoms. The van der Waals surface area contributed by atoms with Gasteiger partial charge in [0.1, 0.15) is 0 Å². The van der Waals surface area contributed by atoms with Crippen LogP contribution in [0.15, 0.2) is 243 Å². The number of aromatic nitrogens is 1. The van der Waals surface area contributed by atoms with E-state index in [0.717, 1.165) is 22.7 Å². The fourth-order valence-electron chi connectivity index (χ4n) is 12.4. The van der Waals surface area contributed by atoms with Gasteiger partial charge in [0.05, 0.1) is 21.9 Å². The molecule has 64 heavy (non-hydrogen) atoms. The zero-order chi connectivity index (χ0) is 42.0. The van der Waals surface area contributed by atoms with Crippen LogP contribution in [-0.2, 0) is 10.8 Å². The Balaban J connectivity index is 1.04. The van der Waals surface area contributed by atoms with Crippen molar-refractivity contribution in [1.29, 1.82) is 0 Å². The third-order valence-electron chi connectivity index (χ3n) is 14.6. The molecule has 2 heteroatoms. The molecule has 2 nitrogen and oxygen atoms in total. The van der Waals surface area contributed by atoms with Gasteiger partial charge < -0.3 is 9.47 Å². The van der Waals surface area contributed by atoms with Crippen molar-refractivity contribution in [3.05, 3.63) is 287 Å². The molecular weight excluding hydrogens is 773 g/mol. The second kappa shape index (κ2) is 13.2. The monoisotopic (exact) mass is 812 g/mol. The van der Waals surface area contributed by atoms with Crippen LogP contribution in [0.5, 0.6) is 0 Å². The third-order valence-corrected chi connectivity index (χ3v) is 14.6. The summed E-state index contributed by atoms with van der Waals surface area (Å²) in [5, 5.41) is 2.51. The van der Waals surface area contributed by atoms with Gasteiger partial charge in [-0.05, 0) is 121 Å². The van der Waals surface area contributed by atoms with E-state index in [1.165, 1.54) is 88.6 Å². The second-order valence-corrected chi connectivity index (χ2v) is 17.5. The molecule has 0 atom stereocenters. The lowest BCUT2D eigenvalue weighted by Gasteiger charge is -2.49. The number of anilines is 3. The predicted octanol–water partition coefficient (Wildman–Crippen LogP) is 15.3. The Labute approximate surface area is 372 Å². The zero-order valence-corrected chi connectivity index (χ0v) is 35.0. The molecule has 298 valence electrons. The Kier molecular flexibility index (Phi) is 7.28. The van der Waals surface area contributed by atoms with Gasteiger partial charge in [-0.3, -0.25) is 0 Å². The van der Waals surface area contributed by atoms with Crippen molar-refractivity contribution in [2.45, 2.75) is 10.8 Å². The minimum absolute atomic E-state index is 0.482. The summed E-state index contributed by atoms with van der Waals surface area (Å²) in [7, 11) is 0. The van der Waals surface area contributed by atoms with Crippen molar-refractivity contribution in [2.75, 3.05) is 4.90 Å². The van der Waals surface area contributed by atoms with E-state index in [1.54, 1.807) is 0 Å². The van der Waals surface area contributed by atoms with E-state index >= 15 is 0 Å². The summed E-state index contributed by atoms with van der Waals surface area (Å²) in [5.74, 6) is 0. The summed E-state index contributed by atoms with van der Waals surface area (Å²) < 4.78 is 2.41. The molecule has 0 saturated carbocycles. The lowest BCUT2D eigenvalue weighted by molar-refractivity contribution is 0.633. The highest BCUT2D eigenvalue weighted by Crippen LogP contribution is 2.67. The van der Waals surface area contributed by atoms with Crippen molar-refractivity contribution < 1.29 is 0 Å². The van der Waals surface area contributed by atoms with E-state index in [9.17, 15) is 0 Å². The number of benzene rings is 10. The van der Waals surface area contributed by atoms with Gasteiger partial charge in [-0.1, -0.05) is 188 Å². The second-order valence-electron chi connectivity index (χ2n) is 17.5. The smallest absolute Gasteiger partial charge is 0.0720 e. The lowest BCUT2D eigenvalue weighted by Crippen LogP contribution is -2.43. The Hall–Kier alpha value is -8.20. The number of hydrogen-bond donors (Lipinski definition) is 0. The maximum Gasteiger partial charge on any atom is 0.0720 e. The molecule has 0 N–H and O–H groups in total. The van der Waals surface area contributed by atoms with Gasteiger partial charge in [-0.15, -0.1) is 0 Å². The molecule has 10 aromatic carbocycles. The first-order chi connectivity index (χ1) is 31.8. The van der Waals surface area contributed by atoms with Crippen LogP contribution in [0, 0.1) is 0 Å². The van der Waals surface area contributed by atoms with Gasteiger partial charge in [0.25, 0.3) is 0 Å². The maximum absolute atomic E-state index is 2.51. The number of fused-ring (bicyclic) bond motifs is 19. The van der Waals surface area contributed by atoms with Gasteiger partial charge in [0.2, 0.25) is 0 Å². The molecule has 14 rings (SSSR count). The predicted molar refractivity (Wildman–Crippen MR) is 264 cm³/mol. The Bertz CT molecular complexity index is 3550. The number of rotatable bonds is 4. The summed E-state index contributed by atoms with van der Waals surface area (Å²) >= 11 is 0. The highest BCUT2D eigenvalue weighted by atomic mass is 15.1. The van der Waals surface area contributed by atoms with Gasteiger partial charge >= 0.3 is 0 Å². The highest BCUT2D eigenvalue weighted by molar-refractivity contribution is 6.09. The molecule has 0 amide bonds. The van der Waals surface area contributed by atoms with Crippen molar-refractivity contribution in [3.8, 4) is 27.9 Å². The quantitative estimate of drug-likeness (QED) is 0.172. The maximum atomic E-state index is 2.51. The Morgan fingerprint density at radius 1 is 0.266 bits per heavy atom. The average Bonchev–Trinajstić information content (AvgIpc) is 3.97. The Morgan fingerprint density at radius 2 is 0.656 bits per heavy atom. The van der Waals surface area contributed by atoms with Gasteiger partial charge in [-0.25, -0.2) is 0 Å². The van der Waals surface area contributed by atoms with E-state index in [1.807, 2.05) is 0 Å². The molecule has 0 unspecified atom stereocenters. The van der Waals surface area contributed by atoms with Crippen LogP contribution in [0.3, 0.4) is 0 Å². The first-order valence-electron chi connectivity index (χ1n) is 22.4. The molecule has 0 aliphatic heterocycles. The fourth-order valence-corrected chi connectivity index (χ4v) is 12.4. The molecule has 0 fully saturated rings. The van der Waals surface area contributed by atoms with Crippen molar-refractivity contribution >= 4 is 38.9 Å². The van der Waals surface area contributed by atoms with E-state index < -0.39 is 10.8 Å². The number of para-hydroxylation sites is 3. The zero-order valence-electron chi connectivity index (χ0n) is 35.0. The van der Waals surface area contributed by atoms with E-state index in [0.29, 0.717) is 0 Å². The van der Waals surface area contributed by atoms with E-state index in [4.69, 9.17) is 0 Å². The highest BCUT2D eigenvalue weighted by Gasteiger charge is 2.58. The third kappa shape index (κ3) is 4.44. The van der Waals surface area contributed by atoms with Gasteiger partial charge in [0.15, 0.2) is 0 Å². The molecule has 3 aliphatic carbocycles. The van der Waals surface area contributed by atoms with Crippen LogP contribution in [-0.4, -0.2) is 4.57 Å². The van der Waals surface area contributed by atoms with E-state index in [2.05, 4.69) is 252 Å². The van der Waals surface area contributed by atoms with Gasteiger partial charge in [-0.2, -0.15) is 0 Å². The molecule has 0 bridgehead atoms. The molecule has 1 aromatic heterocycles. The summed E-state index contributed by atoms with van der Waals surface area (Å²) in [4.78, 5) is 2.44. The molecule has 3 aliphatic rings. The van der Waals surface area contributed by atoms with Crippen LogP contribution in [0.4, 0.5) is 17.1 Å². The van der Waals surface area contributed by atoms with Crippen LogP contribution in [0.1, 0.15) is 44.5 Å². The van der Waals surface area contributed by atoms with Crippen LogP contribution in [0.2, 0.25) is 0 Å². The lowest BCUT2D eigenvalue weighted by atomic mass is 9.52. The largest absolute Gasteiger partial charge is 0.310 e. The van der Waals surface area contributed by atoms with E-state index in [-0.39, 0.29) is 0 Å². The normalized spacial score (nSPS) is 14.2. The summed E-state index contributed by atoms with van der Waals surface area (Å²) in [6.45, 7) is 0. The van der Waals surface area contributed by atoms with Crippen LogP contribution < -0.4 is 4.90 Å². The summed E-state index contributed by atoms with van der Waals surface area (Å²) in [6, 6.07) is 90.8. The first kappa shape index (κ1) is 35.4. The first-order valence-corrected chi connectivity index (χ1v) is 22.4. The molecule has 11 aromatic rings. The van der Waals surface area contributed by atoms with Crippen LogP contribution in [0.25, 0.3) is 49.7 Å². The number of hydrogen-bond acceptors (Lipinski definition) is 1. The molecule has 0 saturated heterocycles. The molecule has 1 heterocycles. The Morgan fingerprint density at radius 3 is 1.19 bits per heavy atom. The summed E-state index contributed by atoms with van der Waals surface area (Å²) in [5.41, 5.74) is 21.7.